The highest BCUT2D eigenvalue weighted by Crippen LogP contribution is 2.50. The lowest BCUT2D eigenvalue weighted by molar-refractivity contribution is -0.141. The fourth-order valence-electron chi connectivity index (χ4n) is 4.14. The Morgan fingerprint density at radius 1 is 1.19 bits per heavy atom. The first kappa shape index (κ1) is 22.2. The van der Waals surface area contributed by atoms with E-state index in [0.717, 1.165) is 16.7 Å². The van der Waals surface area contributed by atoms with Crippen LogP contribution in [0.4, 0.5) is 0 Å². The van der Waals surface area contributed by atoms with E-state index in [2.05, 4.69) is 5.16 Å². The van der Waals surface area contributed by atoms with Gasteiger partial charge in [0.2, 0.25) is 0 Å². The van der Waals surface area contributed by atoms with Crippen molar-refractivity contribution in [3.63, 3.8) is 0 Å². The molecule has 2 aromatic carbocycles. The Morgan fingerprint density at radius 2 is 1.97 bits per heavy atom. The van der Waals surface area contributed by atoms with E-state index in [0.29, 0.717) is 33.5 Å². The molecule has 7 nitrogen and oxygen atoms in total. The molecule has 0 spiro atoms. The van der Waals surface area contributed by atoms with Crippen LogP contribution in [-0.4, -0.2) is 30.5 Å². The molecule has 2 heterocycles. The summed E-state index contributed by atoms with van der Waals surface area (Å²) < 4.78 is 23.2. The fourth-order valence-corrected chi connectivity index (χ4v) is 4.32. The Kier molecular flexibility index (Phi) is 6.13. The number of aliphatic carboxylic acids is 1. The highest BCUT2D eigenvalue weighted by Gasteiger charge is 2.38. The van der Waals surface area contributed by atoms with E-state index in [1.165, 1.54) is 0 Å². The molecule has 2 atom stereocenters. The summed E-state index contributed by atoms with van der Waals surface area (Å²) in [5.41, 5.74) is 3.51. The van der Waals surface area contributed by atoms with E-state index in [4.69, 9.17) is 30.3 Å². The number of fused-ring (bicyclic) bond motifs is 3. The maximum absolute atomic E-state index is 11.7. The van der Waals surface area contributed by atoms with Gasteiger partial charge in [0.1, 0.15) is 23.7 Å². The van der Waals surface area contributed by atoms with E-state index in [1.807, 2.05) is 38.1 Å². The van der Waals surface area contributed by atoms with Gasteiger partial charge in [0.25, 0.3) is 0 Å². The van der Waals surface area contributed by atoms with E-state index in [-0.39, 0.29) is 12.3 Å². The quantitative estimate of drug-likeness (QED) is 0.502. The van der Waals surface area contributed by atoms with Crippen molar-refractivity contribution in [2.45, 2.75) is 38.4 Å². The van der Waals surface area contributed by atoms with Gasteiger partial charge in [0.15, 0.2) is 11.5 Å². The molecule has 0 aliphatic carbocycles. The molecule has 32 heavy (non-hydrogen) atoms. The zero-order chi connectivity index (χ0) is 23.0. The summed E-state index contributed by atoms with van der Waals surface area (Å²) in [4.78, 5) is 11.7. The Hall–Kier alpha value is -3.03. The number of carboxylic acid groups (broad SMARTS) is 1. The van der Waals surface area contributed by atoms with E-state index >= 15 is 0 Å². The number of aromatic nitrogens is 1. The molecule has 0 radical (unpaired) electrons. The van der Waals surface area contributed by atoms with Crippen molar-refractivity contribution in [1.82, 2.24) is 5.16 Å². The number of benzene rings is 2. The van der Waals surface area contributed by atoms with Crippen molar-refractivity contribution in [2.24, 2.45) is 0 Å². The summed E-state index contributed by atoms with van der Waals surface area (Å²) in [7, 11) is 3.11. The van der Waals surface area contributed by atoms with E-state index in [9.17, 15) is 9.90 Å². The van der Waals surface area contributed by atoms with Crippen molar-refractivity contribution in [3.8, 4) is 22.6 Å². The minimum atomic E-state index is -1.00. The van der Waals surface area contributed by atoms with Crippen molar-refractivity contribution in [2.75, 3.05) is 14.2 Å². The maximum atomic E-state index is 11.7. The molecule has 0 fully saturated rings. The molecule has 0 amide bonds. The Balaban J connectivity index is 2.02. The van der Waals surface area contributed by atoms with E-state index < -0.39 is 18.2 Å². The summed E-state index contributed by atoms with van der Waals surface area (Å²) in [5, 5.41) is 14.4. The smallest absolute Gasteiger partial charge is 0.306 e. The number of carbonyl (C=O) groups is 1. The first-order valence-corrected chi connectivity index (χ1v) is 10.6. The number of halogens is 1. The molecule has 0 bridgehead atoms. The van der Waals surface area contributed by atoms with Crippen LogP contribution in [0.1, 0.15) is 61.0 Å². The minimum Gasteiger partial charge on any atom is -0.493 e. The summed E-state index contributed by atoms with van der Waals surface area (Å²) >= 11 is 6.39. The molecule has 1 aromatic heterocycles. The van der Waals surface area contributed by atoms with Gasteiger partial charge in [-0.3, -0.25) is 4.79 Å². The van der Waals surface area contributed by atoms with Gasteiger partial charge in [-0.25, -0.2) is 0 Å². The summed E-state index contributed by atoms with van der Waals surface area (Å²) in [6, 6.07) is 11.0. The van der Waals surface area contributed by atoms with Crippen LogP contribution < -0.4 is 9.47 Å². The van der Waals surface area contributed by atoms with Crippen LogP contribution in [0.25, 0.3) is 11.1 Å². The van der Waals surface area contributed by atoms with Crippen LogP contribution in [0.2, 0.25) is 5.02 Å². The molecule has 3 aromatic rings. The highest BCUT2D eigenvalue weighted by atomic mass is 35.5. The molecule has 0 saturated heterocycles. The summed E-state index contributed by atoms with van der Waals surface area (Å²) in [6.07, 6.45) is -1.79. The number of ether oxygens (including phenoxy) is 3. The fraction of sp³-hybridized carbons (Fsp3) is 0.333. The molecule has 8 heteroatoms. The van der Waals surface area contributed by atoms with Gasteiger partial charge in [-0.2, -0.15) is 0 Å². The molecular formula is C24H24ClNO6. The summed E-state index contributed by atoms with van der Waals surface area (Å²) in [5.74, 6) is 0.738. The van der Waals surface area contributed by atoms with Crippen LogP contribution in [0.15, 0.2) is 40.9 Å². The second-order valence-corrected chi connectivity index (χ2v) is 8.32. The number of nitrogens with zero attached hydrogens (tertiary/aromatic N) is 1. The number of hydrogen-bond donors (Lipinski definition) is 1. The second-order valence-electron chi connectivity index (χ2n) is 7.88. The zero-order valence-corrected chi connectivity index (χ0v) is 19.0. The lowest BCUT2D eigenvalue weighted by Crippen LogP contribution is -2.15. The third kappa shape index (κ3) is 3.82. The highest BCUT2D eigenvalue weighted by molar-refractivity contribution is 6.30. The number of carboxylic acids is 1. The zero-order valence-electron chi connectivity index (χ0n) is 18.2. The lowest BCUT2D eigenvalue weighted by Gasteiger charge is -2.25. The second kappa shape index (κ2) is 8.84. The average molecular weight is 458 g/mol. The monoisotopic (exact) mass is 457 g/mol. The average Bonchev–Trinajstić information content (AvgIpc) is 3.16. The topological polar surface area (TPSA) is 91.0 Å². The Bertz CT molecular complexity index is 1160. The molecule has 0 saturated carbocycles. The van der Waals surface area contributed by atoms with Gasteiger partial charge in [0.05, 0.1) is 26.2 Å². The van der Waals surface area contributed by atoms with Crippen molar-refractivity contribution in [3.05, 3.63) is 64.0 Å². The first-order valence-electron chi connectivity index (χ1n) is 10.2. The number of hydrogen-bond acceptors (Lipinski definition) is 6. The molecule has 0 unspecified atom stereocenters. The van der Waals surface area contributed by atoms with Gasteiger partial charge in [-0.05, 0) is 29.3 Å². The van der Waals surface area contributed by atoms with Gasteiger partial charge in [-0.15, -0.1) is 0 Å². The number of rotatable bonds is 6. The Morgan fingerprint density at radius 3 is 2.62 bits per heavy atom. The van der Waals surface area contributed by atoms with Gasteiger partial charge in [-0.1, -0.05) is 48.8 Å². The summed E-state index contributed by atoms with van der Waals surface area (Å²) in [6.45, 7) is 3.99. The lowest BCUT2D eigenvalue weighted by atomic mass is 9.90. The van der Waals surface area contributed by atoms with Crippen molar-refractivity contribution < 1.29 is 28.6 Å². The van der Waals surface area contributed by atoms with Crippen molar-refractivity contribution >= 4 is 17.6 Å². The van der Waals surface area contributed by atoms with Gasteiger partial charge < -0.3 is 23.8 Å². The van der Waals surface area contributed by atoms with Crippen LogP contribution >= 0.6 is 11.6 Å². The van der Waals surface area contributed by atoms with Gasteiger partial charge in [0, 0.05) is 16.5 Å². The van der Waals surface area contributed by atoms with Crippen LogP contribution in [0.3, 0.4) is 0 Å². The largest absolute Gasteiger partial charge is 0.493 e. The third-order valence-corrected chi connectivity index (χ3v) is 5.75. The number of para-hydroxylation sites is 1. The SMILES string of the molecule is COc1cccc([C@@H]2O[C@@H](CC(=O)O)c3noc(C(C)C)c3-c3ccc(Cl)cc32)c1OC. The van der Waals surface area contributed by atoms with Gasteiger partial charge >= 0.3 is 5.97 Å². The van der Waals surface area contributed by atoms with Crippen LogP contribution in [-0.2, 0) is 9.53 Å². The third-order valence-electron chi connectivity index (χ3n) is 5.52. The molecule has 1 aliphatic rings. The maximum Gasteiger partial charge on any atom is 0.306 e. The minimum absolute atomic E-state index is 0.0307. The van der Waals surface area contributed by atoms with Crippen LogP contribution in [0.5, 0.6) is 11.5 Å². The Labute approximate surface area is 190 Å². The predicted molar refractivity (Wildman–Crippen MR) is 119 cm³/mol. The standard InChI is InChI=1S/C24H24ClNO6/c1-12(2)22-20-14-9-8-13(25)10-16(14)23(15-6-5-7-17(29-3)24(15)30-4)31-18(11-19(27)28)21(20)26-32-22/h5-10,12,18,23H,11H2,1-4H3,(H,27,28)/t18-,23-/m0/s1. The van der Waals surface area contributed by atoms with Crippen LogP contribution in [0, 0.1) is 0 Å². The first-order chi connectivity index (χ1) is 15.3. The number of methoxy groups -OCH3 is 2. The molecule has 168 valence electrons. The van der Waals surface area contributed by atoms with Crippen molar-refractivity contribution in [1.29, 1.82) is 0 Å². The molecule has 1 aliphatic heterocycles. The predicted octanol–water partition coefficient (Wildman–Crippen LogP) is 5.77. The molecule has 1 N–H and O–H groups in total. The van der Waals surface area contributed by atoms with E-state index in [1.54, 1.807) is 26.4 Å². The molecule has 4 rings (SSSR count). The normalized spacial score (nSPS) is 17.4. The molecular weight excluding hydrogens is 434 g/mol.